The predicted molar refractivity (Wildman–Crippen MR) is 97.0 cm³/mol. The third kappa shape index (κ3) is 8.29. The third-order valence-electron chi connectivity index (χ3n) is 4.60. The van der Waals surface area contributed by atoms with Gasteiger partial charge >= 0.3 is 5.69 Å². The van der Waals surface area contributed by atoms with Gasteiger partial charge in [-0.25, -0.2) is 4.79 Å². The minimum absolute atomic E-state index is 0.0800. The number of hydrogen-bond acceptors (Lipinski definition) is 2. The molecule has 1 rings (SSSR count). The smallest absolute Gasteiger partial charge is 0.330 e. The van der Waals surface area contributed by atoms with Crippen molar-refractivity contribution in [3.63, 3.8) is 0 Å². The van der Waals surface area contributed by atoms with Crippen molar-refractivity contribution in [2.45, 2.75) is 96.9 Å². The summed E-state index contributed by atoms with van der Waals surface area (Å²) in [4.78, 5) is 11.7. The molecule has 0 spiro atoms. The van der Waals surface area contributed by atoms with E-state index in [-0.39, 0.29) is 11.6 Å². The Labute approximate surface area is 141 Å². The van der Waals surface area contributed by atoms with Gasteiger partial charge in [0.15, 0.2) is 0 Å². The molecule has 0 bridgehead atoms. The maximum absolute atomic E-state index is 11.7. The first-order chi connectivity index (χ1) is 11.2. The molecular weight excluding hydrogens is 288 g/mol. The summed E-state index contributed by atoms with van der Waals surface area (Å²) in [7, 11) is 1.67. The third-order valence-corrected chi connectivity index (χ3v) is 4.60. The van der Waals surface area contributed by atoms with Gasteiger partial charge in [0, 0.05) is 13.6 Å². The van der Waals surface area contributed by atoms with Crippen LogP contribution in [0.1, 0.15) is 90.4 Å². The second-order valence-corrected chi connectivity index (χ2v) is 6.78. The zero-order valence-corrected chi connectivity index (χ0v) is 15.2. The molecule has 0 aromatic carbocycles. The molecule has 0 aliphatic heterocycles. The van der Waals surface area contributed by atoms with E-state index in [9.17, 15) is 9.90 Å². The number of nitrogens with zero attached hydrogens (tertiary/aromatic N) is 2. The molecule has 1 aromatic rings. The van der Waals surface area contributed by atoms with E-state index in [1.165, 1.54) is 86.0 Å². The Bertz CT molecular complexity index is 462. The molecule has 4 heteroatoms. The number of aromatic hydroxyl groups is 1. The molecule has 0 radical (unpaired) electrons. The zero-order valence-electron chi connectivity index (χ0n) is 15.2. The Morgan fingerprint density at radius 3 is 1.65 bits per heavy atom. The van der Waals surface area contributed by atoms with Crippen molar-refractivity contribution in [2.24, 2.45) is 7.05 Å². The van der Waals surface area contributed by atoms with Crippen molar-refractivity contribution >= 4 is 0 Å². The Morgan fingerprint density at radius 1 is 0.826 bits per heavy atom. The summed E-state index contributed by atoms with van der Waals surface area (Å²) in [5.41, 5.74) is -0.124. The van der Waals surface area contributed by atoms with E-state index >= 15 is 0 Å². The summed E-state index contributed by atoms with van der Waals surface area (Å²) in [5.74, 6) is 0.0800. The second-order valence-electron chi connectivity index (χ2n) is 6.78. The van der Waals surface area contributed by atoms with Gasteiger partial charge in [-0.2, -0.15) is 0 Å². The molecule has 1 aromatic heterocycles. The van der Waals surface area contributed by atoms with Crippen molar-refractivity contribution in [2.75, 3.05) is 0 Å². The first kappa shape index (κ1) is 19.9. The molecule has 0 unspecified atom stereocenters. The predicted octanol–water partition coefficient (Wildman–Crippen LogP) is 4.98. The quantitative estimate of drug-likeness (QED) is 0.490. The highest BCUT2D eigenvalue weighted by Gasteiger charge is 2.06. The van der Waals surface area contributed by atoms with Gasteiger partial charge in [0.05, 0.1) is 6.20 Å². The summed E-state index contributed by atoms with van der Waals surface area (Å²) in [6.45, 7) is 2.89. The second kappa shape index (κ2) is 12.3. The molecule has 0 aliphatic carbocycles. The standard InChI is InChI=1S/C19H36N2O2/c1-3-4-5-6-7-8-9-10-11-12-13-14-15-16-21-18(22)17-20(2)19(21)23/h17,22H,3-16H2,1-2H3. The fourth-order valence-electron chi connectivity index (χ4n) is 3.08. The molecule has 0 aliphatic rings. The van der Waals surface area contributed by atoms with E-state index in [1.807, 2.05) is 0 Å². The molecular formula is C19H36N2O2. The summed E-state index contributed by atoms with van der Waals surface area (Å²) in [6.07, 6.45) is 18.6. The Balaban J connectivity index is 1.89. The van der Waals surface area contributed by atoms with E-state index < -0.39 is 0 Å². The van der Waals surface area contributed by atoms with E-state index in [4.69, 9.17) is 0 Å². The van der Waals surface area contributed by atoms with Crippen molar-refractivity contribution in [1.29, 1.82) is 0 Å². The molecule has 1 heterocycles. The van der Waals surface area contributed by atoms with Gasteiger partial charge in [-0.3, -0.25) is 9.13 Å². The highest BCUT2D eigenvalue weighted by atomic mass is 16.3. The number of hydrogen-bond donors (Lipinski definition) is 1. The first-order valence-corrected chi connectivity index (χ1v) is 9.62. The van der Waals surface area contributed by atoms with Crippen LogP contribution in [0, 0.1) is 0 Å². The average molecular weight is 325 g/mol. The molecule has 0 amide bonds. The molecule has 4 nitrogen and oxygen atoms in total. The van der Waals surface area contributed by atoms with Gasteiger partial charge in [-0.05, 0) is 6.42 Å². The van der Waals surface area contributed by atoms with Gasteiger partial charge in [-0.1, -0.05) is 84.0 Å². The topological polar surface area (TPSA) is 47.2 Å². The van der Waals surface area contributed by atoms with Crippen LogP contribution in [0.4, 0.5) is 0 Å². The van der Waals surface area contributed by atoms with Crippen LogP contribution in [-0.2, 0) is 13.6 Å². The van der Waals surface area contributed by atoms with Crippen molar-refractivity contribution in [1.82, 2.24) is 9.13 Å². The van der Waals surface area contributed by atoms with E-state index in [2.05, 4.69) is 6.92 Å². The Hall–Kier alpha value is -1.19. The normalized spacial score (nSPS) is 11.2. The molecule has 0 saturated heterocycles. The zero-order chi connectivity index (χ0) is 16.9. The summed E-state index contributed by atoms with van der Waals surface area (Å²) in [6, 6.07) is 0. The van der Waals surface area contributed by atoms with E-state index in [0.717, 1.165) is 12.8 Å². The van der Waals surface area contributed by atoms with Crippen LogP contribution in [-0.4, -0.2) is 14.2 Å². The van der Waals surface area contributed by atoms with Gasteiger partial charge in [0.2, 0.25) is 5.88 Å². The van der Waals surface area contributed by atoms with E-state index in [1.54, 1.807) is 7.05 Å². The van der Waals surface area contributed by atoms with Crippen LogP contribution in [0.5, 0.6) is 5.88 Å². The van der Waals surface area contributed by atoms with Crippen molar-refractivity contribution in [3.05, 3.63) is 16.7 Å². The highest BCUT2D eigenvalue weighted by molar-refractivity contribution is 5.04. The molecule has 134 valence electrons. The fraction of sp³-hybridized carbons (Fsp3) is 0.842. The number of aromatic nitrogens is 2. The lowest BCUT2D eigenvalue weighted by atomic mass is 10.0. The van der Waals surface area contributed by atoms with Crippen LogP contribution in [0.25, 0.3) is 0 Å². The summed E-state index contributed by atoms with van der Waals surface area (Å²) < 4.78 is 2.89. The largest absolute Gasteiger partial charge is 0.493 e. The van der Waals surface area contributed by atoms with Crippen LogP contribution in [0.3, 0.4) is 0 Å². The SMILES string of the molecule is CCCCCCCCCCCCCCCn1c(O)cn(C)c1=O. The Kier molecular flexibility index (Phi) is 10.6. The summed E-state index contributed by atoms with van der Waals surface area (Å²) in [5, 5.41) is 9.65. The number of aryl methyl sites for hydroxylation is 1. The van der Waals surface area contributed by atoms with Crippen molar-refractivity contribution < 1.29 is 5.11 Å². The van der Waals surface area contributed by atoms with Crippen molar-refractivity contribution in [3.8, 4) is 5.88 Å². The van der Waals surface area contributed by atoms with E-state index in [0.29, 0.717) is 6.54 Å². The number of rotatable bonds is 14. The number of imidazole rings is 1. The highest BCUT2D eigenvalue weighted by Crippen LogP contribution is 2.13. The van der Waals surface area contributed by atoms with Gasteiger partial charge < -0.3 is 5.11 Å². The first-order valence-electron chi connectivity index (χ1n) is 9.62. The maximum Gasteiger partial charge on any atom is 0.330 e. The monoisotopic (exact) mass is 324 g/mol. The van der Waals surface area contributed by atoms with Crippen LogP contribution < -0.4 is 5.69 Å². The lowest BCUT2D eigenvalue weighted by Crippen LogP contribution is -2.22. The molecule has 0 saturated carbocycles. The number of unbranched alkanes of at least 4 members (excludes halogenated alkanes) is 12. The lowest BCUT2D eigenvalue weighted by Gasteiger charge is -2.04. The molecule has 23 heavy (non-hydrogen) atoms. The molecule has 0 fully saturated rings. The van der Waals surface area contributed by atoms with Crippen LogP contribution in [0.15, 0.2) is 11.0 Å². The van der Waals surface area contributed by atoms with Gasteiger partial charge in [0.25, 0.3) is 0 Å². The maximum atomic E-state index is 11.7. The van der Waals surface area contributed by atoms with Gasteiger partial charge in [-0.15, -0.1) is 0 Å². The minimum atomic E-state index is -0.124. The van der Waals surface area contributed by atoms with Gasteiger partial charge in [0.1, 0.15) is 0 Å². The molecule has 1 N–H and O–H groups in total. The summed E-state index contributed by atoms with van der Waals surface area (Å²) >= 11 is 0. The van der Waals surface area contributed by atoms with Crippen LogP contribution in [0.2, 0.25) is 0 Å². The van der Waals surface area contributed by atoms with Crippen LogP contribution >= 0.6 is 0 Å². The minimum Gasteiger partial charge on any atom is -0.493 e. The average Bonchev–Trinajstić information content (AvgIpc) is 2.77. The lowest BCUT2D eigenvalue weighted by molar-refractivity contribution is 0.405. The fourth-order valence-corrected chi connectivity index (χ4v) is 3.08. The Morgan fingerprint density at radius 2 is 1.26 bits per heavy atom. The molecule has 0 atom stereocenters.